The number of fused-ring (bicyclic) bond motifs is 1. The molecule has 0 saturated heterocycles. The molecule has 0 fully saturated rings. The van der Waals surface area contributed by atoms with Gasteiger partial charge in [-0.3, -0.25) is 9.35 Å². The number of carbonyl (C=O) groups is 1. The van der Waals surface area contributed by atoms with E-state index in [-0.39, 0.29) is 61.5 Å². The summed E-state index contributed by atoms with van der Waals surface area (Å²) < 4.78 is 74.4. The van der Waals surface area contributed by atoms with Crippen LogP contribution in [0, 0.1) is 6.92 Å². The maximum Gasteiger partial charge on any atom is 0.296 e. The van der Waals surface area contributed by atoms with E-state index in [0.717, 1.165) is 17.8 Å². The summed E-state index contributed by atoms with van der Waals surface area (Å²) in [6.45, 7) is 2.97. The third kappa shape index (κ3) is 13.6. The number of benzene rings is 7. The fourth-order valence-corrected chi connectivity index (χ4v) is 8.05. The Morgan fingerprint density at radius 3 is 1.93 bits per heavy atom. The molecule has 0 aliphatic carbocycles. The molecule has 0 unspecified atom stereocenters. The number of azo groups is 4. The Labute approximate surface area is 419 Å². The minimum atomic E-state index is -4.66. The number of hydrogen-bond donors (Lipinski definition) is 9. The van der Waals surface area contributed by atoms with Crippen LogP contribution in [0.4, 0.5) is 62.6 Å². The number of carbonyl (C=O) groups excluding carboxylic acids is 1. The largest absolute Gasteiger partial charge is 0.506 e. The number of aryl methyl sites for hydroxylation is 1. The van der Waals surface area contributed by atoms with Gasteiger partial charge in [-0.1, -0.05) is 23.2 Å². The van der Waals surface area contributed by atoms with Crippen molar-refractivity contribution < 1.29 is 78.1 Å². The van der Waals surface area contributed by atoms with Crippen molar-refractivity contribution in [2.75, 3.05) is 17.7 Å². The molecule has 71 heavy (non-hydrogen) atoms. The number of ether oxygens (including phenoxy) is 1. The van der Waals surface area contributed by atoms with Crippen LogP contribution in [0.25, 0.3) is 10.8 Å². The fourth-order valence-electron chi connectivity index (χ4n) is 6.37. The third-order valence-corrected chi connectivity index (χ3v) is 12.0. The molecule has 0 spiro atoms. The van der Waals surface area contributed by atoms with Gasteiger partial charge in [-0.15, -0.1) is 29.9 Å². The average Bonchev–Trinajstić information content (AvgIpc) is 3.32. The Balaban J connectivity index is 0.00000825. The molecule has 7 aromatic rings. The first-order valence-electron chi connectivity index (χ1n) is 19.9. The molecule has 7 aromatic carbocycles. The Morgan fingerprint density at radius 1 is 0.648 bits per heavy atom. The number of amides is 1. The van der Waals surface area contributed by atoms with Gasteiger partial charge in [0.05, 0.1) is 46.8 Å². The monoisotopic (exact) mass is 1070 g/mol. The van der Waals surface area contributed by atoms with E-state index in [4.69, 9.17) is 9.99 Å². The quantitative estimate of drug-likeness (QED) is 0.00778. The summed E-state index contributed by atoms with van der Waals surface area (Å²) in [5, 5.41) is 73.8. The van der Waals surface area contributed by atoms with Gasteiger partial charge in [0.2, 0.25) is 5.91 Å². The van der Waals surface area contributed by atoms with Crippen molar-refractivity contribution in [2.45, 2.75) is 28.5 Å². The molecule has 0 aliphatic heterocycles. The molecule has 1 radical (unpaired) electrons. The van der Waals surface area contributed by atoms with Gasteiger partial charge in [-0.2, -0.15) is 23.8 Å². The van der Waals surface area contributed by atoms with Crippen LogP contribution in [0.1, 0.15) is 12.5 Å². The number of nitrogens with one attached hydrogen (secondary N) is 2. The molecule has 9 N–H and O–H groups in total. The Hall–Kier alpha value is -7.24. The van der Waals surface area contributed by atoms with Gasteiger partial charge in [-0.05, 0) is 109 Å². The first kappa shape index (κ1) is 53.1. The van der Waals surface area contributed by atoms with Crippen LogP contribution >= 0.6 is 22.9 Å². The molecular formula is C44H38CuN10O13S3. The van der Waals surface area contributed by atoms with E-state index < -0.39 is 53.9 Å². The first-order valence-corrected chi connectivity index (χ1v) is 23.6. The summed E-state index contributed by atoms with van der Waals surface area (Å²) in [4.78, 5) is 11.5. The Bertz CT molecular complexity index is 3350. The van der Waals surface area contributed by atoms with Crippen LogP contribution in [0.5, 0.6) is 17.2 Å². The van der Waals surface area contributed by atoms with Gasteiger partial charge in [0.1, 0.15) is 55.7 Å². The SMILES string of the molecule is COc1cc(N=Nc2ccc(N=Nc3cc(SOOO)ccc3S(=O)(=O)O)cc2)c(C)cc1N=Nc1cc(O)c(N=Nc2c(S(O)(O)O)cc3cc(Nc4ccccc4)ccc3c2O)cc1NC(C)=O.[Cu]. The van der Waals surface area contributed by atoms with Gasteiger partial charge in [0.25, 0.3) is 10.1 Å². The van der Waals surface area contributed by atoms with Gasteiger partial charge < -0.3 is 39.2 Å². The van der Waals surface area contributed by atoms with E-state index in [1.54, 1.807) is 49.4 Å². The molecule has 1 amide bonds. The van der Waals surface area contributed by atoms with Gasteiger partial charge in [0, 0.05) is 57.8 Å². The van der Waals surface area contributed by atoms with Crippen molar-refractivity contribution in [2.24, 2.45) is 40.9 Å². The number of phenols is 2. The molecule has 0 aromatic heterocycles. The number of nitrogens with zero attached hydrogens (tertiary/aromatic N) is 8. The van der Waals surface area contributed by atoms with E-state index in [1.807, 2.05) is 30.3 Å². The topological polar surface area (TPSA) is 343 Å². The number of hydrogen-bond acceptors (Lipinski definition) is 22. The molecular weight excluding hydrogens is 1040 g/mol. The zero-order valence-electron chi connectivity index (χ0n) is 36.7. The van der Waals surface area contributed by atoms with Crippen LogP contribution < -0.4 is 15.4 Å². The first-order chi connectivity index (χ1) is 33.4. The van der Waals surface area contributed by atoms with E-state index >= 15 is 0 Å². The predicted octanol–water partition coefficient (Wildman–Crippen LogP) is 14.2. The average molecular weight is 1070 g/mol. The summed E-state index contributed by atoms with van der Waals surface area (Å²) >= 11 is 0.553. The van der Waals surface area contributed by atoms with Crippen LogP contribution in [0.15, 0.2) is 177 Å². The summed E-state index contributed by atoms with van der Waals surface area (Å²) in [5.74, 6) is -1.34. The minimum absolute atomic E-state index is 0. The van der Waals surface area contributed by atoms with Crippen LogP contribution in [-0.4, -0.2) is 55.1 Å². The van der Waals surface area contributed by atoms with Crippen molar-refractivity contribution in [1.82, 2.24) is 0 Å². The van der Waals surface area contributed by atoms with E-state index in [1.165, 1.54) is 50.4 Å². The molecule has 27 heteroatoms. The number of aromatic hydroxyl groups is 2. The second kappa shape index (κ2) is 23.1. The molecule has 0 atom stereocenters. The van der Waals surface area contributed by atoms with E-state index in [2.05, 4.69) is 60.9 Å². The second-order valence-corrected chi connectivity index (χ2v) is 18.2. The summed E-state index contributed by atoms with van der Waals surface area (Å²) in [6, 6.07) is 30.7. The second-order valence-electron chi connectivity index (χ2n) is 14.5. The van der Waals surface area contributed by atoms with Crippen molar-refractivity contribution in [3.05, 3.63) is 127 Å². The van der Waals surface area contributed by atoms with Crippen LogP contribution in [-0.2, 0) is 41.4 Å². The molecule has 23 nitrogen and oxygen atoms in total. The number of phenolic OH excluding ortho intramolecular Hbond substituents is 2. The minimum Gasteiger partial charge on any atom is -0.506 e. The predicted molar refractivity (Wildman–Crippen MR) is 259 cm³/mol. The normalized spacial score (nSPS) is 12.3. The zero-order valence-corrected chi connectivity index (χ0v) is 40.1. The zero-order chi connectivity index (χ0) is 50.2. The Morgan fingerprint density at radius 2 is 1.30 bits per heavy atom. The fraction of sp³-hybridized carbons (Fsp3) is 0.0682. The van der Waals surface area contributed by atoms with Crippen molar-refractivity contribution in [1.29, 1.82) is 0 Å². The maximum atomic E-state index is 12.3. The molecule has 0 heterocycles. The molecule has 371 valence electrons. The molecule has 0 saturated carbocycles. The van der Waals surface area contributed by atoms with Crippen LogP contribution in [0.3, 0.4) is 0 Å². The number of anilines is 3. The summed E-state index contributed by atoms with van der Waals surface area (Å²) in [6.07, 6.45) is 0. The van der Waals surface area contributed by atoms with Crippen molar-refractivity contribution in [3.63, 3.8) is 0 Å². The number of methoxy groups -OCH3 is 1. The van der Waals surface area contributed by atoms with Crippen LogP contribution in [0.2, 0.25) is 0 Å². The van der Waals surface area contributed by atoms with Crippen molar-refractivity contribution >= 4 is 112 Å². The van der Waals surface area contributed by atoms with Gasteiger partial charge in [0.15, 0.2) is 5.75 Å². The van der Waals surface area contributed by atoms with Crippen molar-refractivity contribution in [3.8, 4) is 17.2 Å². The summed E-state index contributed by atoms with van der Waals surface area (Å²) in [5.41, 5.74) is 2.34. The molecule has 0 bridgehead atoms. The molecule has 0 aliphatic rings. The standard InChI is InChI=1S/C44H38N10O13S3.Cu/c1-24-17-37(40(65-3)23-33(24)49-47-28-9-11-29(12-10-28)48-53-38-20-31(68-67-66-58)14-16-41(38)69(59,60)61)52-50-35-22-39(56)36(21-34(35)45-25(2)55)51-54-43-42(70(62,63)64)19-26-18-30(13-15-32(26)44(43)57)46-27-7-5-4-6-8-27;/h4-23,46,56-58,62-64H,1-3H3,(H,45,55)(H,59,60,61);. The van der Waals surface area contributed by atoms with Gasteiger partial charge >= 0.3 is 0 Å². The van der Waals surface area contributed by atoms with E-state index in [0.29, 0.717) is 45.7 Å². The number of rotatable bonds is 17. The number of para-hydroxylation sites is 1. The van der Waals surface area contributed by atoms with E-state index in [9.17, 15) is 41.6 Å². The Kier molecular flexibility index (Phi) is 17.3. The summed E-state index contributed by atoms with van der Waals surface area (Å²) in [7, 11) is -7.75. The van der Waals surface area contributed by atoms with Gasteiger partial charge in [-0.25, -0.2) is 5.26 Å². The smallest absolute Gasteiger partial charge is 0.296 e. The maximum absolute atomic E-state index is 12.3. The molecule has 7 rings (SSSR count). The third-order valence-electron chi connectivity index (χ3n) is 9.60.